The molecule has 0 bridgehead atoms. The molecule has 3 heteroatoms. The lowest BCUT2D eigenvalue weighted by Crippen LogP contribution is -2.32. The molecule has 96 valence electrons. The molecule has 3 unspecified atom stereocenters. The van der Waals surface area contributed by atoms with Gasteiger partial charge in [-0.2, -0.15) is 0 Å². The number of rotatable bonds is 6. The third-order valence-corrected chi connectivity index (χ3v) is 2.84. The van der Waals surface area contributed by atoms with Crippen LogP contribution >= 0.6 is 0 Å². The summed E-state index contributed by atoms with van der Waals surface area (Å²) in [5, 5.41) is 12.7. The van der Waals surface area contributed by atoms with Crippen LogP contribution in [0.2, 0.25) is 0 Å². The molecule has 1 aromatic rings. The molecule has 0 aliphatic carbocycles. The van der Waals surface area contributed by atoms with Gasteiger partial charge in [0.15, 0.2) is 0 Å². The average Bonchev–Trinajstić information content (AvgIpc) is 2.24. The number of aliphatic hydroxyl groups is 1. The zero-order valence-electron chi connectivity index (χ0n) is 10.8. The van der Waals surface area contributed by atoms with Crippen LogP contribution in [0.3, 0.4) is 0 Å². The highest BCUT2D eigenvalue weighted by Gasteiger charge is 2.14. The van der Waals surface area contributed by atoms with Gasteiger partial charge in [-0.3, -0.25) is 0 Å². The molecular formula is C14H22FNO. The molecule has 0 fully saturated rings. The molecule has 0 aliphatic rings. The Morgan fingerprint density at radius 3 is 2.59 bits per heavy atom. The lowest BCUT2D eigenvalue weighted by molar-refractivity contribution is 0.167. The fourth-order valence-corrected chi connectivity index (χ4v) is 2.10. The summed E-state index contributed by atoms with van der Waals surface area (Å²) >= 11 is 0. The van der Waals surface area contributed by atoms with Crippen molar-refractivity contribution in [3.05, 3.63) is 35.6 Å². The topological polar surface area (TPSA) is 32.3 Å². The third-order valence-electron chi connectivity index (χ3n) is 2.84. The highest BCUT2D eigenvalue weighted by Crippen LogP contribution is 2.18. The molecule has 0 saturated carbocycles. The lowest BCUT2D eigenvalue weighted by Gasteiger charge is -2.23. The second kappa shape index (κ2) is 6.72. The molecule has 1 aromatic carbocycles. The van der Waals surface area contributed by atoms with E-state index in [9.17, 15) is 9.50 Å². The van der Waals surface area contributed by atoms with Crippen molar-refractivity contribution >= 4 is 0 Å². The maximum Gasteiger partial charge on any atom is 0.123 e. The van der Waals surface area contributed by atoms with E-state index in [0.717, 1.165) is 12.0 Å². The first-order valence-corrected chi connectivity index (χ1v) is 6.22. The van der Waals surface area contributed by atoms with Crippen LogP contribution in [-0.2, 0) is 0 Å². The van der Waals surface area contributed by atoms with Crippen molar-refractivity contribution in [3.63, 3.8) is 0 Å². The van der Waals surface area contributed by atoms with Crippen LogP contribution in [0.15, 0.2) is 24.3 Å². The standard InChI is InChI=1S/C14H22FNO/c1-4-14(16-10(2)8-11(3)17)12-6-5-7-13(15)9-12/h5-7,9-11,14,16-17H,4,8H2,1-3H3. The summed E-state index contributed by atoms with van der Waals surface area (Å²) in [6.07, 6.45) is 1.28. The van der Waals surface area contributed by atoms with Crippen LogP contribution in [0, 0.1) is 5.82 Å². The molecule has 0 amide bonds. The Labute approximate surface area is 103 Å². The van der Waals surface area contributed by atoms with Crippen molar-refractivity contribution in [2.75, 3.05) is 0 Å². The van der Waals surface area contributed by atoms with Crippen molar-refractivity contribution in [2.45, 2.75) is 51.8 Å². The van der Waals surface area contributed by atoms with E-state index in [2.05, 4.69) is 12.2 Å². The molecule has 1 rings (SSSR count). The fraction of sp³-hybridized carbons (Fsp3) is 0.571. The number of hydrogen-bond acceptors (Lipinski definition) is 2. The average molecular weight is 239 g/mol. The summed E-state index contributed by atoms with van der Waals surface area (Å²) in [4.78, 5) is 0. The SMILES string of the molecule is CCC(NC(C)CC(C)O)c1cccc(F)c1. The highest BCUT2D eigenvalue weighted by molar-refractivity contribution is 5.20. The van der Waals surface area contributed by atoms with Crippen molar-refractivity contribution in [2.24, 2.45) is 0 Å². The number of halogens is 1. The van der Waals surface area contributed by atoms with Crippen molar-refractivity contribution in [1.29, 1.82) is 0 Å². The summed E-state index contributed by atoms with van der Waals surface area (Å²) in [7, 11) is 0. The first kappa shape index (κ1) is 14.1. The van der Waals surface area contributed by atoms with E-state index in [1.807, 2.05) is 13.0 Å². The van der Waals surface area contributed by atoms with Gasteiger partial charge in [-0.15, -0.1) is 0 Å². The Kier molecular flexibility index (Phi) is 5.59. The van der Waals surface area contributed by atoms with Gasteiger partial charge >= 0.3 is 0 Å². The second-order valence-electron chi connectivity index (χ2n) is 4.67. The van der Waals surface area contributed by atoms with Crippen LogP contribution in [0.1, 0.15) is 45.2 Å². The van der Waals surface area contributed by atoms with Crippen molar-refractivity contribution in [1.82, 2.24) is 5.32 Å². The summed E-state index contributed by atoms with van der Waals surface area (Å²) < 4.78 is 13.1. The number of benzene rings is 1. The van der Waals surface area contributed by atoms with Crippen LogP contribution in [0.25, 0.3) is 0 Å². The van der Waals surface area contributed by atoms with Gasteiger partial charge in [-0.05, 0) is 44.4 Å². The van der Waals surface area contributed by atoms with Gasteiger partial charge in [-0.1, -0.05) is 19.1 Å². The monoisotopic (exact) mass is 239 g/mol. The molecule has 3 atom stereocenters. The zero-order valence-corrected chi connectivity index (χ0v) is 10.8. The van der Waals surface area contributed by atoms with Gasteiger partial charge in [0.2, 0.25) is 0 Å². The van der Waals surface area contributed by atoms with Gasteiger partial charge in [0.1, 0.15) is 5.82 Å². The number of hydrogen-bond donors (Lipinski definition) is 2. The molecule has 0 aromatic heterocycles. The van der Waals surface area contributed by atoms with E-state index >= 15 is 0 Å². The van der Waals surface area contributed by atoms with E-state index in [4.69, 9.17) is 0 Å². The second-order valence-corrected chi connectivity index (χ2v) is 4.67. The van der Waals surface area contributed by atoms with E-state index in [1.54, 1.807) is 19.1 Å². The van der Waals surface area contributed by atoms with Crippen LogP contribution in [0.4, 0.5) is 4.39 Å². The largest absolute Gasteiger partial charge is 0.393 e. The molecule has 17 heavy (non-hydrogen) atoms. The molecule has 0 spiro atoms. The van der Waals surface area contributed by atoms with Crippen LogP contribution in [-0.4, -0.2) is 17.3 Å². The lowest BCUT2D eigenvalue weighted by atomic mass is 10.0. The quantitative estimate of drug-likeness (QED) is 0.799. The maximum absolute atomic E-state index is 13.1. The van der Waals surface area contributed by atoms with Gasteiger partial charge < -0.3 is 10.4 Å². The van der Waals surface area contributed by atoms with Crippen molar-refractivity contribution in [3.8, 4) is 0 Å². The molecule has 2 N–H and O–H groups in total. The molecule has 0 radical (unpaired) electrons. The molecular weight excluding hydrogens is 217 g/mol. The minimum atomic E-state index is -0.317. The van der Waals surface area contributed by atoms with E-state index in [-0.39, 0.29) is 24.0 Å². The van der Waals surface area contributed by atoms with Crippen molar-refractivity contribution < 1.29 is 9.50 Å². The van der Waals surface area contributed by atoms with Gasteiger partial charge in [0, 0.05) is 12.1 Å². The first-order valence-electron chi connectivity index (χ1n) is 6.22. The summed E-state index contributed by atoms with van der Waals surface area (Å²) in [6.45, 7) is 5.88. The summed E-state index contributed by atoms with van der Waals surface area (Å²) in [6, 6.07) is 7.03. The highest BCUT2D eigenvalue weighted by atomic mass is 19.1. The molecule has 0 aliphatic heterocycles. The third kappa shape index (κ3) is 4.84. The smallest absolute Gasteiger partial charge is 0.123 e. The fourth-order valence-electron chi connectivity index (χ4n) is 2.10. The zero-order chi connectivity index (χ0) is 12.8. The van der Waals surface area contributed by atoms with E-state index in [1.165, 1.54) is 6.07 Å². The maximum atomic E-state index is 13.1. The Balaban J connectivity index is 2.65. The van der Waals surface area contributed by atoms with E-state index < -0.39 is 0 Å². The van der Waals surface area contributed by atoms with E-state index in [0.29, 0.717) is 6.42 Å². The van der Waals surface area contributed by atoms with Crippen LogP contribution in [0.5, 0.6) is 0 Å². The summed E-state index contributed by atoms with van der Waals surface area (Å²) in [5.41, 5.74) is 0.963. The van der Waals surface area contributed by atoms with Gasteiger partial charge in [-0.25, -0.2) is 4.39 Å². The Hall–Kier alpha value is -0.930. The van der Waals surface area contributed by atoms with Gasteiger partial charge in [0.05, 0.1) is 6.10 Å². The van der Waals surface area contributed by atoms with Crippen LogP contribution < -0.4 is 5.32 Å². The minimum absolute atomic E-state index is 0.138. The molecule has 0 heterocycles. The normalized spacial score (nSPS) is 16.5. The summed E-state index contributed by atoms with van der Waals surface area (Å²) in [5.74, 6) is -0.203. The minimum Gasteiger partial charge on any atom is -0.393 e. The number of aliphatic hydroxyl groups excluding tert-OH is 1. The number of nitrogens with one attached hydrogen (secondary N) is 1. The predicted molar refractivity (Wildman–Crippen MR) is 68.3 cm³/mol. The van der Waals surface area contributed by atoms with Gasteiger partial charge in [0.25, 0.3) is 0 Å². The predicted octanol–water partition coefficient (Wildman–Crippen LogP) is 3.03. The Morgan fingerprint density at radius 2 is 2.06 bits per heavy atom. The Bertz CT molecular complexity index is 341. The molecule has 2 nitrogen and oxygen atoms in total. The Morgan fingerprint density at radius 1 is 1.35 bits per heavy atom. The first-order chi connectivity index (χ1) is 8.02. The molecule has 0 saturated heterocycles.